The smallest absolute Gasteiger partial charge is 0.172 e. The summed E-state index contributed by atoms with van der Waals surface area (Å²) in [5.74, 6) is 0.720. The van der Waals surface area contributed by atoms with Crippen LogP contribution in [0.1, 0.15) is 6.92 Å². The van der Waals surface area contributed by atoms with E-state index in [0.717, 1.165) is 18.1 Å². The first kappa shape index (κ1) is 6.01. The predicted molar refractivity (Wildman–Crippen MR) is 38.7 cm³/mol. The molecule has 0 aliphatic carbocycles. The first-order chi connectivity index (χ1) is 4.34. The van der Waals surface area contributed by atoms with Crippen LogP contribution in [0.25, 0.3) is 0 Å². The van der Waals surface area contributed by atoms with Gasteiger partial charge in [-0.1, -0.05) is 6.58 Å². The molecule has 1 heterocycles. The maximum Gasteiger partial charge on any atom is 0.172 e. The van der Waals surface area contributed by atoms with Gasteiger partial charge in [0.05, 0.1) is 12.0 Å². The van der Waals surface area contributed by atoms with Gasteiger partial charge in [-0.05, 0) is 6.92 Å². The molecule has 1 aliphatic heterocycles. The summed E-state index contributed by atoms with van der Waals surface area (Å²) in [5, 5.41) is 2.84. The van der Waals surface area contributed by atoms with Crippen molar-refractivity contribution in [2.75, 3.05) is 6.54 Å². The van der Waals surface area contributed by atoms with E-state index < -0.39 is 0 Å². The monoisotopic (exact) mass is 123 g/mol. The van der Waals surface area contributed by atoms with Crippen molar-refractivity contribution in [2.45, 2.75) is 6.92 Å². The van der Waals surface area contributed by atoms with E-state index in [-0.39, 0.29) is 0 Å². The highest BCUT2D eigenvalue weighted by Crippen LogP contribution is 1.96. The van der Waals surface area contributed by atoms with Crippen molar-refractivity contribution in [1.29, 1.82) is 0 Å². The van der Waals surface area contributed by atoms with Gasteiger partial charge in [-0.3, -0.25) is 4.99 Å². The second kappa shape index (κ2) is 2.44. The lowest BCUT2D eigenvalue weighted by atomic mass is 10.5. The van der Waals surface area contributed by atoms with Crippen LogP contribution in [0, 0.1) is 0 Å². The number of hydrogen-bond acceptors (Lipinski definition) is 2. The fraction of sp³-hybridized carbons (Fsp3) is 0.333. The maximum absolute atomic E-state index is 4.06. The van der Waals surface area contributed by atoms with E-state index >= 15 is 0 Å². The Balaban J connectivity index is 2.70. The van der Waals surface area contributed by atoms with Gasteiger partial charge in [0, 0.05) is 6.54 Å². The van der Waals surface area contributed by atoms with Gasteiger partial charge in [0.1, 0.15) is 0 Å². The highest BCUT2D eigenvalue weighted by atomic mass is 15.1. The molecule has 0 aromatic carbocycles. The van der Waals surface area contributed by atoms with E-state index in [0.29, 0.717) is 0 Å². The van der Waals surface area contributed by atoms with E-state index in [4.69, 9.17) is 0 Å². The van der Waals surface area contributed by atoms with Crippen LogP contribution in [0.4, 0.5) is 0 Å². The first-order valence-corrected chi connectivity index (χ1v) is 2.87. The fourth-order valence-electron chi connectivity index (χ4n) is 0.600. The molecule has 1 aliphatic rings. The third kappa shape index (κ3) is 1.16. The van der Waals surface area contributed by atoms with Gasteiger partial charge in [0.15, 0.2) is 5.84 Å². The molecular weight excluding hydrogens is 114 g/mol. The molecule has 1 rings (SSSR count). The lowest BCUT2D eigenvalue weighted by molar-refractivity contribution is 1.12. The molecule has 0 bridgehead atoms. The largest absolute Gasteiger partial charge is 0.344 e. The molecule has 48 valence electrons. The summed E-state index contributed by atoms with van der Waals surface area (Å²) in [5.41, 5.74) is 0.789. The second-order valence-electron chi connectivity index (χ2n) is 1.68. The van der Waals surface area contributed by atoms with Crippen LogP contribution in [0.3, 0.4) is 0 Å². The number of rotatable bonds is 1. The Hall–Kier alpha value is -1.12. The van der Waals surface area contributed by atoms with Crippen LogP contribution in [-0.2, 0) is 0 Å². The minimum atomic E-state index is 0.720. The van der Waals surface area contributed by atoms with Crippen LogP contribution in [0.2, 0.25) is 0 Å². The average Bonchev–Trinajstić information content (AvgIpc) is 2.18. The van der Waals surface area contributed by atoms with Crippen molar-refractivity contribution in [2.24, 2.45) is 9.98 Å². The minimum absolute atomic E-state index is 0.720. The molecule has 0 radical (unpaired) electrons. The number of aliphatic imine (C=N–C) groups is 2. The van der Waals surface area contributed by atoms with Crippen LogP contribution in [0.15, 0.2) is 22.3 Å². The lowest BCUT2D eigenvalue weighted by Crippen LogP contribution is -2.06. The zero-order valence-corrected chi connectivity index (χ0v) is 5.39. The molecular formula is C6H9N3. The molecule has 0 aromatic heterocycles. The van der Waals surface area contributed by atoms with Gasteiger partial charge in [0.2, 0.25) is 0 Å². The van der Waals surface area contributed by atoms with Gasteiger partial charge in [0.25, 0.3) is 0 Å². The molecule has 3 heteroatoms. The summed E-state index contributed by atoms with van der Waals surface area (Å²) in [6.45, 7) is 6.41. The molecule has 0 amide bonds. The standard InChI is InChI=1S/C6H9N3/c1-3-7-6-5(2)8-4-9-6/h4H,2-3H2,1H3,(H,7,8,9). The third-order valence-electron chi connectivity index (χ3n) is 1.00. The zero-order valence-electron chi connectivity index (χ0n) is 5.39. The number of nitrogens with one attached hydrogen (secondary N) is 1. The van der Waals surface area contributed by atoms with Crippen LogP contribution in [-0.4, -0.2) is 18.7 Å². The molecule has 0 aromatic rings. The molecule has 0 spiro atoms. The Morgan fingerprint density at radius 1 is 1.89 bits per heavy atom. The van der Waals surface area contributed by atoms with Gasteiger partial charge in [-0.15, -0.1) is 0 Å². The zero-order chi connectivity index (χ0) is 6.69. The molecule has 9 heavy (non-hydrogen) atoms. The SMILES string of the molecule is C=C1NC=NC1=NCC. The summed E-state index contributed by atoms with van der Waals surface area (Å²) in [4.78, 5) is 7.98. The Kier molecular flexibility index (Phi) is 1.63. The Labute approximate surface area is 54.2 Å². The van der Waals surface area contributed by atoms with Crippen molar-refractivity contribution in [3.63, 3.8) is 0 Å². The Morgan fingerprint density at radius 2 is 2.67 bits per heavy atom. The number of hydrogen-bond donors (Lipinski definition) is 1. The van der Waals surface area contributed by atoms with Crippen molar-refractivity contribution >= 4 is 12.2 Å². The van der Waals surface area contributed by atoms with E-state index in [1.54, 1.807) is 6.34 Å². The quantitative estimate of drug-likeness (QED) is 0.543. The maximum atomic E-state index is 4.06. The van der Waals surface area contributed by atoms with Gasteiger partial charge < -0.3 is 5.32 Å². The van der Waals surface area contributed by atoms with Crippen molar-refractivity contribution in [3.8, 4) is 0 Å². The van der Waals surface area contributed by atoms with Crippen LogP contribution < -0.4 is 5.32 Å². The lowest BCUT2D eigenvalue weighted by Gasteiger charge is -1.91. The Morgan fingerprint density at radius 3 is 3.11 bits per heavy atom. The van der Waals surface area contributed by atoms with Crippen molar-refractivity contribution in [1.82, 2.24) is 5.32 Å². The molecule has 1 N–H and O–H groups in total. The molecule has 0 saturated heterocycles. The molecule has 3 nitrogen and oxygen atoms in total. The minimum Gasteiger partial charge on any atom is -0.344 e. The first-order valence-electron chi connectivity index (χ1n) is 2.87. The highest BCUT2D eigenvalue weighted by Gasteiger charge is 2.04. The predicted octanol–water partition coefficient (Wildman–Crippen LogP) is 0.550. The average molecular weight is 123 g/mol. The van der Waals surface area contributed by atoms with E-state index in [1.165, 1.54) is 0 Å². The normalized spacial score (nSPS) is 21.0. The number of amidine groups is 1. The van der Waals surface area contributed by atoms with Gasteiger partial charge >= 0.3 is 0 Å². The van der Waals surface area contributed by atoms with E-state index in [2.05, 4.69) is 21.9 Å². The molecule has 0 fully saturated rings. The third-order valence-corrected chi connectivity index (χ3v) is 1.00. The topological polar surface area (TPSA) is 36.8 Å². The van der Waals surface area contributed by atoms with Gasteiger partial charge in [-0.25, -0.2) is 4.99 Å². The van der Waals surface area contributed by atoms with E-state index in [9.17, 15) is 0 Å². The summed E-state index contributed by atoms with van der Waals surface area (Å²) < 4.78 is 0. The highest BCUT2D eigenvalue weighted by molar-refractivity contribution is 6.07. The molecule has 0 unspecified atom stereocenters. The Bertz CT molecular complexity index is 179. The number of nitrogens with zero attached hydrogens (tertiary/aromatic N) is 2. The summed E-state index contributed by atoms with van der Waals surface area (Å²) >= 11 is 0. The summed E-state index contributed by atoms with van der Waals surface area (Å²) in [7, 11) is 0. The van der Waals surface area contributed by atoms with Crippen molar-refractivity contribution in [3.05, 3.63) is 12.3 Å². The van der Waals surface area contributed by atoms with Crippen molar-refractivity contribution < 1.29 is 0 Å². The summed E-state index contributed by atoms with van der Waals surface area (Å²) in [6.07, 6.45) is 1.59. The van der Waals surface area contributed by atoms with E-state index in [1.807, 2.05) is 6.92 Å². The molecule has 0 atom stereocenters. The fourth-order valence-corrected chi connectivity index (χ4v) is 0.600. The van der Waals surface area contributed by atoms with Crippen LogP contribution in [0.5, 0.6) is 0 Å². The summed E-state index contributed by atoms with van der Waals surface area (Å²) in [6, 6.07) is 0. The second-order valence-corrected chi connectivity index (χ2v) is 1.68. The molecule has 0 saturated carbocycles. The van der Waals surface area contributed by atoms with Gasteiger partial charge in [-0.2, -0.15) is 0 Å². The van der Waals surface area contributed by atoms with Crippen LogP contribution >= 0.6 is 0 Å².